The predicted molar refractivity (Wildman–Crippen MR) is 72.5 cm³/mol. The van der Waals surface area contributed by atoms with Gasteiger partial charge in [-0.1, -0.05) is 18.2 Å². The number of nitrogens with one attached hydrogen (secondary N) is 1. The Bertz CT molecular complexity index is 468. The molecule has 1 heterocycles. The van der Waals surface area contributed by atoms with Crippen molar-refractivity contribution in [3.8, 4) is 0 Å². The van der Waals surface area contributed by atoms with E-state index in [4.69, 9.17) is 9.47 Å². The average molecular weight is 297 g/mol. The Labute approximate surface area is 122 Å². The van der Waals surface area contributed by atoms with E-state index < -0.39 is 36.6 Å². The number of hydrogen-bond donors (Lipinski definition) is 4. The molecule has 1 fully saturated rings. The van der Waals surface area contributed by atoms with Gasteiger partial charge in [0.1, 0.15) is 24.9 Å². The molecule has 0 aliphatic carbocycles. The molecule has 7 heteroatoms. The molecule has 21 heavy (non-hydrogen) atoms. The number of aliphatic hydroxyl groups excluding tert-OH is 3. The van der Waals surface area contributed by atoms with Crippen LogP contribution in [0.15, 0.2) is 30.3 Å². The highest BCUT2D eigenvalue weighted by Gasteiger charge is 2.43. The van der Waals surface area contributed by atoms with Crippen LogP contribution in [0.3, 0.4) is 0 Å². The number of carbonyl (C=O) groups excluding carboxylic acids is 1. The van der Waals surface area contributed by atoms with E-state index in [1.165, 1.54) is 7.05 Å². The van der Waals surface area contributed by atoms with Gasteiger partial charge in [-0.2, -0.15) is 0 Å². The molecule has 2 rings (SSSR count). The Kier molecular flexibility index (Phi) is 5.27. The third-order valence-corrected chi connectivity index (χ3v) is 3.44. The molecule has 1 aromatic rings. The zero-order valence-corrected chi connectivity index (χ0v) is 11.5. The number of ether oxygens (including phenoxy) is 2. The normalized spacial score (nSPS) is 32.7. The molecule has 4 N–H and O–H groups in total. The highest BCUT2D eigenvalue weighted by molar-refractivity contribution is 5.89. The molecule has 1 aliphatic rings. The highest BCUT2D eigenvalue weighted by atomic mass is 16.6. The van der Waals surface area contributed by atoms with Crippen LogP contribution in [-0.4, -0.2) is 65.6 Å². The first-order valence-electron chi connectivity index (χ1n) is 6.63. The molecule has 116 valence electrons. The van der Waals surface area contributed by atoms with Crippen LogP contribution in [0, 0.1) is 0 Å². The molecular weight excluding hydrogens is 278 g/mol. The maximum Gasteiger partial charge on any atom is 0.338 e. The molecule has 5 atom stereocenters. The lowest BCUT2D eigenvalue weighted by Crippen LogP contribution is -2.62. The summed E-state index contributed by atoms with van der Waals surface area (Å²) in [7, 11) is 1.53. The van der Waals surface area contributed by atoms with Gasteiger partial charge in [0.2, 0.25) is 0 Å². The van der Waals surface area contributed by atoms with Crippen LogP contribution in [0.25, 0.3) is 0 Å². The average Bonchev–Trinajstić information content (AvgIpc) is 2.50. The summed E-state index contributed by atoms with van der Waals surface area (Å²) in [5, 5.41) is 32.2. The molecule has 0 amide bonds. The Balaban J connectivity index is 1.93. The molecule has 1 aliphatic heterocycles. The van der Waals surface area contributed by atoms with E-state index in [9.17, 15) is 20.1 Å². The van der Waals surface area contributed by atoms with E-state index in [0.717, 1.165) is 0 Å². The molecular formula is C14H19NO6. The first-order chi connectivity index (χ1) is 10.0. The van der Waals surface area contributed by atoms with Crippen LogP contribution in [-0.2, 0) is 9.47 Å². The summed E-state index contributed by atoms with van der Waals surface area (Å²) in [5.74, 6) is -0.564. The molecule has 0 aromatic heterocycles. The van der Waals surface area contributed by atoms with Crippen molar-refractivity contribution in [2.75, 3.05) is 13.7 Å². The summed E-state index contributed by atoms with van der Waals surface area (Å²) in [6.07, 6.45) is -4.78. The molecule has 1 saturated heterocycles. The first kappa shape index (κ1) is 15.9. The quantitative estimate of drug-likeness (QED) is 0.521. The van der Waals surface area contributed by atoms with E-state index >= 15 is 0 Å². The van der Waals surface area contributed by atoms with Crippen LogP contribution in [0.2, 0.25) is 0 Å². The van der Waals surface area contributed by atoms with Crippen LogP contribution >= 0.6 is 0 Å². The lowest BCUT2D eigenvalue weighted by atomic mass is 9.97. The Morgan fingerprint density at radius 3 is 2.52 bits per heavy atom. The minimum Gasteiger partial charge on any atom is -0.459 e. The van der Waals surface area contributed by atoms with E-state index in [0.29, 0.717) is 5.56 Å². The molecule has 0 saturated carbocycles. The number of hydrogen-bond acceptors (Lipinski definition) is 7. The number of carbonyl (C=O) groups is 1. The van der Waals surface area contributed by atoms with Gasteiger partial charge in [-0.25, -0.2) is 4.79 Å². The summed E-state index contributed by atoms with van der Waals surface area (Å²) in [5.41, 5.74) is 0.372. The second kappa shape index (κ2) is 6.97. The Morgan fingerprint density at radius 2 is 1.90 bits per heavy atom. The molecule has 0 radical (unpaired) electrons. The van der Waals surface area contributed by atoms with E-state index in [1.807, 2.05) is 0 Å². The highest BCUT2D eigenvalue weighted by Crippen LogP contribution is 2.20. The van der Waals surface area contributed by atoms with Crippen LogP contribution in [0.4, 0.5) is 0 Å². The Hall–Kier alpha value is -1.51. The van der Waals surface area contributed by atoms with E-state index in [1.54, 1.807) is 30.3 Å². The minimum absolute atomic E-state index is 0.264. The number of esters is 1. The summed E-state index contributed by atoms with van der Waals surface area (Å²) in [4.78, 5) is 11.8. The smallest absolute Gasteiger partial charge is 0.338 e. The topological polar surface area (TPSA) is 108 Å². The number of aliphatic hydroxyl groups is 3. The van der Waals surface area contributed by atoms with Crippen LogP contribution in [0.1, 0.15) is 10.4 Å². The summed E-state index contributed by atoms with van der Waals surface area (Å²) in [6.45, 7) is -0.264. The predicted octanol–water partition coefficient (Wildman–Crippen LogP) is -1.13. The van der Waals surface area contributed by atoms with Gasteiger partial charge in [-0.3, -0.25) is 0 Å². The fourth-order valence-electron chi connectivity index (χ4n) is 2.21. The maximum absolute atomic E-state index is 11.8. The largest absolute Gasteiger partial charge is 0.459 e. The third-order valence-electron chi connectivity index (χ3n) is 3.44. The monoisotopic (exact) mass is 297 g/mol. The molecule has 0 spiro atoms. The summed E-state index contributed by atoms with van der Waals surface area (Å²) in [6, 6.07) is 7.57. The van der Waals surface area contributed by atoms with Crippen molar-refractivity contribution in [2.24, 2.45) is 0 Å². The summed E-state index contributed by atoms with van der Waals surface area (Å²) >= 11 is 0. The van der Waals surface area contributed by atoms with E-state index in [-0.39, 0.29) is 6.61 Å². The molecule has 3 unspecified atom stereocenters. The lowest BCUT2D eigenvalue weighted by molar-refractivity contribution is -0.253. The Morgan fingerprint density at radius 1 is 1.24 bits per heavy atom. The molecule has 7 nitrogen and oxygen atoms in total. The van der Waals surface area contributed by atoms with Crippen LogP contribution < -0.4 is 5.32 Å². The number of likely N-dealkylation sites (N-methyl/N-ethyl adjacent to an activating group) is 1. The fraction of sp³-hybridized carbons (Fsp3) is 0.500. The van der Waals surface area contributed by atoms with Crippen molar-refractivity contribution >= 4 is 5.97 Å². The van der Waals surface area contributed by atoms with Gasteiger partial charge in [-0.05, 0) is 19.2 Å². The molecule has 0 bridgehead atoms. The van der Waals surface area contributed by atoms with Gasteiger partial charge in [0.15, 0.2) is 6.29 Å². The molecule has 1 aromatic carbocycles. The fourth-order valence-corrected chi connectivity index (χ4v) is 2.21. The van der Waals surface area contributed by atoms with Crippen molar-refractivity contribution in [3.63, 3.8) is 0 Å². The third kappa shape index (κ3) is 3.58. The van der Waals surface area contributed by atoms with Gasteiger partial charge in [0, 0.05) is 0 Å². The minimum atomic E-state index is -1.30. The SMILES string of the molecule is CNC1C(O)[C@H](O)C(COC(=O)c2ccccc2)O[C@@H]1O. The number of benzene rings is 1. The van der Waals surface area contributed by atoms with E-state index in [2.05, 4.69) is 5.32 Å². The van der Waals surface area contributed by atoms with Crippen LogP contribution in [0.5, 0.6) is 0 Å². The van der Waals surface area contributed by atoms with Crippen molar-refractivity contribution in [1.29, 1.82) is 0 Å². The number of rotatable bonds is 4. The zero-order valence-electron chi connectivity index (χ0n) is 11.5. The second-order valence-electron chi connectivity index (χ2n) is 4.83. The van der Waals surface area contributed by atoms with Crippen molar-refractivity contribution in [3.05, 3.63) is 35.9 Å². The van der Waals surface area contributed by atoms with Gasteiger partial charge < -0.3 is 30.1 Å². The van der Waals surface area contributed by atoms with Gasteiger partial charge in [-0.15, -0.1) is 0 Å². The van der Waals surface area contributed by atoms with Crippen molar-refractivity contribution in [2.45, 2.75) is 30.6 Å². The lowest BCUT2D eigenvalue weighted by Gasteiger charge is -2.40. The van der Waals surface area contributed by atoms with Gasteiger partial charge in [0.25, 0.3) is 0 Å². The van der Waals surface area contributed by atoms with Gasteiger partial charge in [0.05, 0.1) is 11.6 Å². The van der Waals surface area contributed by atoms with Gasteiger partial charge >= 0.3 is 5.97 Å². The maximum atomic E-state index is 11.8. The van der Waals surface area contributed by atoms with Crippen molar-refractivity contribution < 1.29 is 29.6 Å². The first-order valence-corrected chi connectivity index (χ1v) is 6.63. The second-order valence-corrected chi connectivity index (χ2v) is 4.83. The zero-order chi connectivity index (χ0) is 15.4. The standard InChI is InChI=1S/C14H19NO6/c1-15-10-12(17)11(16)9(21-14(10)19)7-20-13(18)8-5-3-2-4-6-8/h2-6,9-12,14-17,19H,7H2,1H3/t9?,10?,11-,12?,14+/m1/s1. The summed E-state index contributed by atoms with van der Waals surface area (Å²) < 4.78 is 10.2. The van der Waals surface area contributed by atoms with Crippen molar-refractivity contribution in [1.82, 2.24) is 5.32 Å².